The molecule has 2 atom stereocenters. The smallest absolute Gasteiger partial charge is 0.338 e. The Morgan fingerprint density at radius 1 is 1.00 bits per heavy atom. The Morgan fingerprint density at radius 2 is 1.65 bits per heavy atom. The lowest BCUT2D eigenvalue weighted by molar-refractivity contribution is -0.141. The zero-order chi connectivity index (χ0) is 21.6. The van der Waals surface area contributed by atoms with Gasteiger partial charge in [-0.25, -0.2) is 9.59 Å². The molecule has 1 fully saturated rings. The predicted octanol–water partition coefficient (Wildman–Crippen LogP) is 4.17. The molecule has 4 rings (SSSR count). The first-order valence-corrected chi connectivity index (χ1v) is 10.8. The number of urea groups is 1. The fourth-order valence-corrected chi connectivity index (χ4v) is 4.37. The first kappa shape index (κ1) is 21.1. The van der Waals surface area contributed by atoms with E-state index in [0.29, 0.717) is 24.5 Å². The highest BCUT2D eigenvalue weighted by atomic mass is 16.5. The van der Waals surface area contributed by atoms with Crippen LogP contribution in [0.5, 0.6) is 0 Å². The second-order valence-corrected chi connectivity index (χ2v) is 8.01. The second kappa shape index (κ2) is 9.79. The molecule has 6 heteroatoms. The minimum Gasteiger partial charge on any atom is -0.457 e. The van der Waals surface area contributed by atoms with E-state index < -0.39 is 0 Å². The Labute approximate surface area is 182 Å². The van der Waals surface area contributed by atoms with E-state index in [9.17, 15) is 9.59 Å². The summed E-state index contributed by atoms with van der Waals surface area (Å²) in [7, 11) is 0. The Hall–Kier alpha value is -3.12. The van der Waals surface area contributed by atoms with Gasteiger partial charge in [0.1, 0.15) is 6.61 Å². The van der Waals surface area contributed by atoms with E-state index in [4.69, 9.17) is 9.47 Å². The largest absolute Gasteiger partial charge is 0.457 e. The molecule has 0 saturated carbocycles. The van der Waals surface area contributed by atoms with E-state index in [-0.39, 0.29) is 30.7 Å². The van der Waals surface area contributed by atoms with Gasteiger partial charge in [0.15, 0.2) is 0 Å². The molecule has 0 spiro atoms. The van der Waals surface area contributed by atoms with Crippen LogP contribution >= 0.6 is 0 Å². The summed E-state index contributed by atoms with van der Waals surface area (Å²) in [5.41, 5.74) is 3.21. The van der Waals surface area contributed by atoms with Crippen LogP contribution in [0.4, 0.5) is 4.79 Å². The molecule has 0 radical (unpaired) electrons. The topological polar surface area (TPSA) is 67.9 Å². The van der Waals surface area contributed by atoms with Crippen LogP contribution in [0.3, 0.4) is 0 Å². The SMILES string of the molecule is CC1=C(C(=O)OCc2ccccc2)C2CCC(CCOCc3ccccc3)N2C(=O)N1. The number of esters is 1. The number of amides is 2. The van der Waals surface area contributed by atoms with Gasteiger partial charge in [0.05, 0.1) is 18.2 Å². The number of fused-ring (bicyclic) bond motifs is 1. The van der Waals surface area contributed by atoms with Crippen LogP contribution in [-0.2, 0) is 27.5 Å². The van der Waals surface area contributed by atoms with E-state index in [0.717, 1.165) is 30.4 Å². The quantitative estimate of drug-likeness (QED) is 0.514. The molecule has 2 aromatic carbocycles. The molecule has 1 saturated heterocycles. The number of hydrogen-bond donors (Lipinski definition) is 1. The van der Waals surface area contributed by atoms with Gasteiger partial charge >= 0.3 is 12.0 Å². The van der Waals surface area contributed by atoms with Crippen molar-refractivity contribution in [2.45, 2.75) is 51.5 Å². The molecule has 31 heavy (non-hydrogen) atoms. The second-order valence-electron chi connectivity index (χ2n) is 8.01. The third-order valence-electron chi connectivity index (χ3n) is 5.91. The number of carbonyl (C=O) groups is 2. The van der Waals surface area contributed by atoms with Gasteiger partial charge in [0, 0.05) is 18.3 Å². The lowest BCUT2D eigenvalue weighted by atomic mass is 10.0. The summed E-state index contributed by atoms with van der Waals surface area (Å²) >= 11 is 0. The first-order valence-electron chi connectivity index (χ1n) is 10.8. The fourth-order valence-electron chi connectivity index (χ4n) is 4.37. The number of allylic oxidation sites excluding steroid dienone is 1. The van der Waals surface area contributed by atoms with Crippen molar-refractivity contribution in [3.63, 3.8) is 0 Å². The van der Waals surface area contributed by atoms with Gasteiger partial charge in [-0.3, -0.25) is 0 Å². The molecule has 1 N–H and O–H groups in total. The van der Waals surface area contributed by atoms with Gasteiger partial charge < -0.3 is 19.7 Å². The van der Waals surface area contributed by atoms with Crippen LogP contribution in [0.1, 0.15) is 37.3 Å². The molecular formula is C25H28N2O4. The number of rotatable bonds is 8. The van der Waals surface area contributed by atoms with Gasteiger partial charge in [0.2, 0.25) is 0 Å². The van der Waals surface area contributed by atoms with Crippen LogP contribution in [0.25, 0.3) is 0 Å². The normalized spacial score (nSPS) is 20.4. The number of ether oxygens (including phenoxy) is 2. The molecule has 2 aromatic rings. The van der Waals surface area contributed by atoms with Crippen LogP contribution in [-0.4, -0.2) is 35.6 Å². The highest BCUT2D eigenvalue weighted by molar-refractivity contribution is 5.95. The molecule has 162 valence electrons. The van der Waals surface area contributed by atoms with Crippen LogP contribution < -0.4 is 5.32 Å². The van der Waals surface area contributed by atoms with Gasteiger partial charge in [-0.1, -0.05) is 60.7 Å². The summed E-state index contributed by atoms with van der Waals surface area (Å²) in [4.78, 5) is 27.4. The maximum absolute atomic E-state index is 12.9. The zero-order valence-electron chi connectivity index (χ0n) is 17.8. The molecule has 6 nitrogen and oxygen atoms in total. The number of carbonyl (C=O) groups excluding carboxylic acids is 2. The van der Waals surface area contributed by atoms with E-state index in [1.165, 1.54) is 0 Å². The van der Waals surface area contributed by atoms with Gasteiger partial charge in [-0.2, -0.15) is 0 Å². The van der Waals surface area contributed by atoms with Crippen LogP contribution in [0.15, 0.2) is 71.9 Å². The number of nitrogens with zero attached hydrogens (tertiary/aromatic N) is 1. The van der Waals surface area contributed by atoms with Crippen molar-refractivity contribution in [2.75, 3.05) is 6.61 Å². The monoisotopic (exact) mass is 420 g/mol. The molecule has 2 unspecified atom stereocenters. The third-order valence-corrected chi connectivity index (χ3v) is 5.91. The molecule has 2 aliphatic heterocycles. The van der Waals surface area contributed by atoms with Crippen molar-refractivity contribution in [1.82, 2.24) is 10.2 Å². The summed E-state index contributed by atoms with van der Waals surface area (Å²) in [6.07, 6.45) is 2.33. The van der Waals surface area contributed by atoms with E-state index in [1.807, 2.05) is 60.7 Å². The maximum atomic E-state index is 12.9. The molecule has 0 bridgehead atoms. The fraction of sp³-hybridized carbons (Fsp3) is 0.360. The van der Waals surface area contributed by atoms with E-state index in [1.54, 1.807) is 11.8 Å². The summed E-state index contributed by atoms with van der Waals surface area (Å²) < 4.78 is 11.4. The average molecular weight is 421 g/mol. The maximum Gasteiger partial charge on any atom is 0.338 e. The minimum absolute atomic E-state index is 0.0470. The van der Waals surface area contributed by atoms with Crippen molar-refractivity contribution >= 4 is 12.0 Å². The van der Waals surface area contributed by atoms with E-state index >= 15 is 0 Å². The average Bonchev–Trinajstić information content (AvgIpc) is 3.21. The molecular weight excluding hydrogens is 392 g/mol. The molecule has 2 heterocycles. The lowest BCUT2D eigenvalue weighted by Crippen LogP contribution is -2.53. The predicted molar refractivity (Wildman–Crippen MR) is 117 cm³/mol. The van der Waals surface area contributed by atoms with Crippen molar-refractivity contribution < 1.29 is 19.1 Å². The molecule has 2 amide bonds. The van der Waals surface area contributed by atoms with Crippen molar-refractivity contribution in [2.24, 2.45) is 0 Å². The van der Waals surface area contributed by atoms with Crippen molar-refractivity contribution in [3.8, 4) is 0 Å². The van der Waals surface area contributed by atoms with E-state index in [2.05, 4.69) is 5.32 Å². The van der Waals surface area contributed by atoms with Crippen molar-refractivity contribution in [3.05, 3.63) is 83.1 Å². The summed E-state index contributed by atoms with van der Waals surface area (Å²) in [6.45, 7) is 3.10. The summed E-state index contributed by atoms with van der Waals surface area (Å²) in [5, 5.41) is 2.85. The lowest BCUT2D eigenvalue weighted by Gasteiger charge is -2.36. The van der Waals surface area contributed by atoms with Crippen LogP contribution in [0.2, 0.25) is 0 Å². The number of benzene rings is 2. The highest BCUT2D eigenvalue weighted by Crippen LogP contribution is 2.35. The van der Waals surface area contributed by atoms with Gasteiger partial charge in [0.25, 0.3) is 0 Å². The minimum atomic E-state index is -0.364. The molecule has 0 aromatic heterocycles. The Bertz CT molecular complexity index is 943. The standard InChI is InChI=1S/C25H28N2O4/c1-18-23(24(28)31-17-20-10-6-3-7-11-20)22-13-12-21(27(22)25(29)26-18)14-15-30-16-19-8-4-2-5-9-19/h2-11,21-22H,12-17H2,1H3,(H,26,29). The Kier molecular flexibility index (Phi) is 6.67. The van der Waals surface area contributed by atoms with Gasteiger partial charge in [-0.05, 0) is 37.3 Å². The third kappa shape index (κ3) is 4.97. The first-order chi connectivity index (χ1) is 15.1. The Balaban J connectivity index is 1.35. The Morgan fingerprint density at radius 3 is 2.32 bits per heavy atom. The van der Waals surface area contributed by atoms with Crippen molar-refractivity contribution in [1.29, 1.82) is 0 Å². The van der Waals surface area contributed by atoms with Crippen LogP contribution in [0, 0.1) is 0 Å². The van der Waals surface area contributed by atoms with Gasteiger partial charge in [-0.15, -0.1) is 0 Å². The number of nitrogens with one attached hydrogen (secondary N) is 1. The molecule has 0 aliphatic carbocycles. The highest BCUT2D eigenvalue weighted by Gasteiger charge is 2.44. The summed E-state index contributed by atoms with van der Waals surface area (Å²) in [5.74, 6) is -0.364. The zero-order valence-corrected chi connectivity index (χ0v) is 17.8. The number of hydrogen-bond acceptors (Lipinski definition) is 4. The molecule has 2 aliphatic rings. The summed E-state index contributed by atoms with van der Waals surface area (Å²) in [6, 6.07) is 19.3.